The van der Waals surface area contributed by atoms with Crippen molar-refractivity contribution in [1.29, 1.82) is 0 Å². The van der Waals surface area contributed by atoms with Gasteiger partial charge < -0.3 is 10.6 Å². The number of rotatable bonds is 5. The molecule has 2 amide bonds. The Bertz CT molecular complexity index is 742. The monoisotopic (exact) mass is 388 g/mol. The van der Waals surface area contributed by atoms with E-state index in [-0.39, 0.29) is 11.8 Å². The number of nitrogens with one attached hydrogen (secondary N) is 2. The summed E-state index contributed by atoms with van der Waals surface area (Å²) in [5.41, 5.74) is 1.45. The molecular weight excluding hydrogens is 368 g/mol. The molecule has 0 heterocycles. The average Bonchev–Trinajstić information content (AvgIpc) is 2.55. The molecule has 0 fully saturated rings. The lowest BCUT2D eigenvalue weighted by Crippen LogP contribution is -2.44. The molecule has 126 valence electrons. The third kappa shape index (κ3) is 4.45. The molecule has 0 aliphatic heterocycles. The predicted octanol–water partition coefficient (Wildman–Crippen LogP) is 4.04. The first-order valence-corrected chi connectivity index (χ1v) is 8.50. The lowest BCUT2D eigenvalue weighted by Gasteiger charge is -2.23. The molecule has 0 atom stereocenters. The van der Waals surface area contributed by atoms with E-state index in [1.807, 2.05) is 55.5 Å². The van der Waals surface area contributed by atoms with E-state index in [9.17, 15) is 9.59 Å². The minimum atomic E-state index is -1.17. The van der Waals surface area contributed by atoms with Crippen LogP contribution < -0.4 is 10.6 Å². The van der Waals surface area contributed by atoms with E-state index in [0.717, 1.165) is 15.6 Å². The molecule has 0 saturated carbocycles. The van der Waals surface area contributed by atoms with Gasteiger partial charge in [-0.2, -0.15) is 0 Å². The Morgan fingerprint density at radius 3 is 2.33 bits per heavy atom. The van der Waals surface area contributed by atoms with Gasteiger partial charge in [0.1, 0.15) is 5.41 Å². The Kier molecular flexibility index (Phi) is 5.78. The van der Waals surface area contributed by atoms with Crippen LogP contribution in [0.4, 0.5) is 5.69 Å². The van der Waals surface area contributed by atoms with Crippen LogP contribution >= 0.6 is 15.9 Å². The maximum absolute atomic E-state index is 12.5. The van der Waals surface area contributed by atoms with E-state index in [1.165, 1.54) is 0 Å². The lowest BCUT2D eigenvalue weighted by atomic mass is 9.90. The molecular formula is C19H21BrN2O2. The van der Waals surface area contributed by atoms with Crippen molar-refractivity contribution in [3.8, 4) is 0 Å². The maximum Gasteiger partial charge on any atom is 0.239 e. The molecule has 5 heteroatoms. The van der Waals surface area contributed by atoms with Gasteiger partial charge in [0.25, 0.3) is 0 Å². The van der Waals surface area contributed by atoms with Gasteiger partial charge >= 0.3 is 0 Å². The van der Waals surface area contributed by atoms with Gasteiger partial charge in [0, 0.05) is 16.7 Å². The maximum atomic E-state index is 12.5. The van der Waals surface area contributed by atoms with Gasteiger partial charge in [0.15, 0.2) is 0 Å². The largest absolute Gasteiger partial charge is 0.351 e. The van der Waals surface area contributed by atoms with E-state index in [2.05, 4.69) is 26.6 Å². The van der Waals surface area contributed by atoms with Gasteiger partial charge in [-0.1, -0.05) is 46.3 Å². The molecule has 0 saturated heterocycles. The van der Waals surface area contributed by atoms with Crippen molar-refractivity contribution in [2.24, 2.45) is 5.41 Å². The predicted molar refractivity (Wildman–Crippen MR) is 99.6 cm³/mol. The van der Waals surface area contributed by atoms with Crippen LogP contribution in [0.5, 0.6) is 0 Å². The Hall–Kier alpha value is -2.14. The lowest BCUT2D eigenvalue weighted by molar-refractivity contribution is -0.138. The summed E-state index contributed by atoms with van der Waals surface area (Å²) in [6.07, 6.45) is 0. The van der Waals surface area contributed by atoms with E-state index in [1.54, 1.807) is 13.8 Å². The zero-order valence-corrected chi connectivity index (χ0v) is 15.6. The molecule has 0 aromatic heterocycles. The van der Waals surface area contributed by atoms with Gasteiger partial charge in [-0.3, -0.25) is 9.59 Å². The van der Waals surface area contributed by atoms with Crippen LogP contribution in [0.3, 0.4) is 0 Å². The molecule has 0 bridgehead atoms. The fraction of sp³-hybridized carbons (Fsp3) is 0.263. The number of amides is 2. The number of anilines is 1. The molecule has 0 radical (unpaired) electrons. The Morgan fingerprint density at radius 1 is 1.04 bits per heavy atom. The Labute approximate surface area is 150 Å². The highest BCUT2D eigenvalue weighted by Gasteiger charge is 2.36. The summed E-state index contributed by atoms with van der Waals surface area (Å²) in [7, 11) is 0. The minimum absolute atomic E-state index is 0.307. The number of carbonyl (C=O) groups is 2. The summed E-state index contributed by atoms with van der Waals surface area (Å²) in [6.45, 7) is 5.55. The van der Waals surface area contributed by atoms with Crippen molar-refractivity contribution in [3.05, 3.63) is 64.1 Å². The third-order valence-electron chi connectivity index (χ3n) is 3.87. The van der Waals surface area contributed by atoms with Gasteiger partial charge in [-0.25, -0.2) is 0 Å². The first kappa shape index (κ1) is 18.2. The highest BCUT2D eigenvalue weighted by molar-refractivity contribution is 9.10. The van der Waals surface area contributed by atoms with E-state index >= 15 is 0 Å². The quantitative estimate of drug-likeness (QED) is 0.759. The molecule has 24 heavy (non-hydrogen) atoms. The molecule has 0 aliphatic rings. The smallest absolute Gasteiger partial charge is 0.239 e. The van der Waals surface area contributed by atoms with E-state index < -0.39 is 5.41 Å². The first-order valence-electron chi connectivity index (χ1n) is 7.70. The third-order valence-corrected chi connectivity index (χ3v) is 4.36. The van der Waals surface area contributed by atoms with E-state index in [0.29, 0.717) is 12.2 Å². The number of hydrogen-bond acceptors (Lipinski definition) is 2. The average molecular weight is 389 g/mol. The van der Waals surface area contributed by atoms with Gasteiger partial charge in [-0.05, 0) is 50.1 Å². The van der Waals surface area contributed by atoms with Crippen molar-refractivity contribution >= 4 is 33.4 Å². The zero-order chi connectivity index (χ0) is 17.7. The van der Waals surface area contributed by atoms with Crippen LogP contribution in [-0.4, -0.2) is 11.8 Å². The molecule has 0 unspecified atom stereocenters. The van der Waals surface area contributed by atoms with Crippen molar-refractivity contribution in [1.82, 2.24) is 5.32 Å². The molecule has 0 aliphatic carbocycles. The van der Waals surface area contributed by atoms with Gasteiger partial charge in [0.05, 0.1) is 0 Å². The fourth-order valence-corrected chi connectivity index (χ4v) is 2.62. The van der Waals surface area contributed by atoms with Crippen LogP contribution in [0.15, 0.2) is 53.0 Å². The SMILES string of the molecule is Cc1cc(Br)ccc1NC(=O)C(C)(C)C(=O)NCc1ccccc1. The fourth-order valence-electron chi connectivity index (χ4n) is 2.15. The summed E-state index contributed by atoms with van der Waals surface area (Å²) < 4.78 is 0.942. The number of hydrogen-bond donors (Lipinski definition) is 2. The van der Waals surface area contributed by atoms with Crippen molar-refractivity contribution in [3.63, 3.8) is 0 Å². The number of benzene rings is 2. The van der Waals surface area contributed by atoms with Gasteiger partial charge in [0.2, 0.25) is 11.8 Å². The van der Waals surface area contributed by atoms with Crippen molar-refractivity contribution in [2.45, 2.75) is 27.3 Å². The van der Waals surface area contributed by atoms with Gasteiger partial charge in [-0.15, -0.1) is 0 Å². The number of carbonyl (C=O) groups excluding carboxylic acids is 2. The topological polar surface area (TPSA) is 58.2 Å². The van der Waals surface area contributed by atoms with Crippen LogP contribution in [0.1, 0.15) is 25.0 Å². The second-order valence-corrected chi connectivity index (χ2v) is 7.12. The highest BCUT2D eigenvalue weighted by atomic mass is 79.9. The van der Waals surface area contributed by atoms with Crippen molar-refractivity contribution < 1.29 is 9.59 Å². The summed E-state index contributed by atoms with van der Waals surface area (Å²) in [5, 5.41) is 5.66. The second kappa shape index (κ2) is 7.62. The zero-order valence-electron chi connectivity index (χ0n) is 14.0. The minimum Gasteiger partial charge on any atom is -0.351 e. The molecule has 2 rings (SSSR count). The highest BCUT2D eigenvalue weighted by Crippen LogP contribution is 2.23. The van der Waals surface area contributed by atoms with Crippen LogP contribution in [0.2, 0.25) is 0 Å². The Morgan fingerprint density at radius 2 is 1.71 bits per heavy atom. The first-order chi connectivity index (χ1) is 11.3. The summed E-state index contributed by atoms with van der Waals surface area (Å²) in [4.78, 5) is 25.0. The summed E-state index contributed by atoms with van der Waals surface area (Å²) in [5.74, 6) is -0.642. The number of halogens is 1. The molecule has 0 spiro atoms. The normalized spacial score (nSPS) is 11.0. The molecule has 4 nitrogen and oxygen atoms in total. The van der Waals surface area contributed by atoms with Crippen LogP contribution in [0.25, 0.3) is 0 Å². The standard InChI is InChI=1S/C19H21BrN2O2/c1-13-11-15(20)9-10-16(13)22-18(24)19(2,3)17(23)21-12-14-7-5-4-6-8-14/h4-11H,12H2,1-3H3,(H,21,23)(H,22,24). The summed E-state index contributed by atoms with van der Waals surface area (Å²) >= 11 is 3.39. The summed E-state index contributed by atoms with van der Waals surface area (Å²) in [6, 6.07) is 15.2. The molecule has 2 aromatic rings. The van der Waals surface area contributed by atoms with Crippen LogP contribution in [-0.2, 0) is 16.1 Å². The molecule has 2 aromatic carbocycles. The second-order valence-electron chi connectivity index (χ2n) is 6.21. The molecule has 2 N–H and O–H groups in total. The van der Waals surface area contributed by atoms with E-state index in [4.69, 9.17) is 0 Å². The Balaban J connectivity index is 2.02. The van der Waals surface area contributed by atoms with Crippen molar-refractivity contribution in [2.75, 3.05) is 5.32 Å². The van der Waals surface area contributed by atoms with Crippen LogP contribution in [0, 0.1) is 12.3 Å². The number of aryl methyl sites for hydroxylation is 1.